The van der Waals surface area contributed by atoms with Crippen LogP contribution in [0.15, 0.2) is 108 Å². The average molecular weight is 553 g/mol. The van der Waals surface area contributed by atoms with E-state index >= 15 is 0 Å². The molecule has 0 N–H and O–H groups in total. The molecule has 220 valence electrons. The van der Waals surface area contributed by atoms with Crippen LogP contribution < -0.4 is 0 Å². The van der Waals surface area contributed by atoms with Crippen molar-refractivity contribution in [2.75, 3.05) is 0 Å². The van der Waals surface area contributed by atoms with Gasteiger partial charge in [0, 0.05) is 18.0 Å². The van der Waals surface area contributed by atoms with E-state index in [1.54, 1.807) is 0 Å². The molecule has 2 aromatic carbocycles. The van der Waals surface area contributed by atoms with Gasteiger partial charge in [-0.15, -0.1) is 0 Å². The fourth-order valence-corrected chi connectivity index (χ4v) is 3.77. The summed E-state index contributed by atoms with van der Waals surface area (Å²) in [6.07, 6.45) is 3.78. The molecule has 0 fully saturated rings. The van der Waals surface area contributed by atoms with Crippen molar-refractivity contribution < 1.29 is 0 Å². The molecule has 1 atom stereocenters. The molecule has 4 heteroatoms. The highest BCUT2D eigenvalue weighted by Gasteiger charge is 2.31. The van der Waals surface area contributed by atoms with Gasteiger partial charge < -0.3 is 0 Å². The monoisotopic (exact) mass is 552 g/mol. The average Bonchev–Trinajstić information content (AvgIpc) is 3.72. The Bertz CT molecular complexity index is 1370. The van der Waals surface area contributed by atoms with Gasteiger partial charge in [0.1, 0.15) is 6.04 Å². The standard InChI is InChI=1S/2C14H12N2.4C2H6.CH4/c1-11-5-4-6-12(9-11)14-10-13-7-2-3-8-16(13)15-14;1-10-5-4-6-11(9-10)13-14(16-13)12-7-2-3-8-15-12;4*1-2;/h2-10H,1H3;2-9,14H,1H3;4*1-2H3;1H4. The molecule has 1 unspecified atom stereocenters. The van der Waals surface area contributed by atoms with E-state index in [1.807, 2.05) is 103 Å². The molecule has 0 bridgehead atoms. The number of aromatic nitrogens is 3. The SMILES string of the molecule is C.CC.CC.CC.CC.Cc1cccc(-c2cc3ccccn3n2)c1.Cc1cccc(C2=NC2c2ccccn2)c1. The number of fused-ring (bicyclic) bond motifs is 1. The van der Waals surface area contributed by atoms with Gasteiger partial charge in [-0.3, -0.25) is 9.98 Å². The molecule has 1 aliphatic rings. The van der Waals surface area contributed by atoms with E-state index < -0.39 is 0 Å². The third-order valence-electron chi connectivity index (χ3n) is 5.43. The lowest BCUT2D eigenvalue weighted by atomic mass is 10.1. The minimum atomic E-state index is 0. The lowest BCUT2D eigenvalue weighted by molar-refractivity contribution is 0.965. The van der Waals surface area contributed by atoms with Gasteiger partial charge in [-0.25, -0.2) is 4.52 Å². The summed E-state index contributed by atoms with van der Waals surface area (Å²) in [6.45, 7) is 20.2. The van der Waals surface area contributed by atoms with Gasteiger partial charge in [-0.2, -0.15) is 5.10 Å². The lowest BCUT2D eigenvalue weighted by Crippen LogP contribution is -1.95. The van der Waals surface area contributed by atoms with Gasteiger partial charge in [0.2, 0.25) is 0 Å². The summed E-state index contributed by atoms with van der Waals surface area (Å²) < 4.78 is 1.90. The van der Waals surface area contributed by atoms with Gasteiger partial charge in [0.15, 0.2) is 0 Å². The quantitative estimate of drug-likeness (QED) is 0.223. The zero-order valence-corrected chi connectivity index (χ0v) is 26.2. The van der Waals surface area contributed by atoms with Crippen LogP contribution in [0.1, 0.15) is 91.2 Å². The summed E-state index contributed by atoms with van der Waals surface area (Å²) >= 11 is 0. The largest absolute Gasteiger partial charge is 0.270 e. The molecule has 0 saturated heterocycles. The molecule has 0 radical (unpaired) electrons. The van der Waals surface area contributed by atoms with E-state index in [1.165, 1.54) is 22.3 Å². The minimum absolute atomic E-state index is 0. The Morgan fingerprint density at radius 1 is 0.610 bits per heavy atom. The molecule has 3 aromatic heterocycles. The maximum Gasteiger partial charge on any atom is 0.134 e. The number of aliphatic imine (C=N–C) groups is 1. The number of pyridine rings is 2. The lowest BCUT2D eigenvalue weighted by Gasteiger charge is -1.98. The Kier molecular flexibility index (Phi) is 18.7. The minimum Gasteiger partial charge on any atom is -0.270 e. The van der Waals surface area contributed by atoms with Crippen molar-refractivity contribution in [2.45, 2.75) is 82.7 Å². The van der Waals surface area contributed by atoms with Crippen LogP contribution in [0.25, 0.3) is 16.8 Å². The molecule has 1 aliphatic heterocycles. The van der Waals surface area contributed by atoms with Crippen molar-refractivity contribution in [3.63, 3.8) is 0 Å². The Hall–Kier alpha value is -4.05. The Balaban J connectivity index is 0.000000617. The highest BCUT2D eigenvalue weighted by Crippen LogP contribution is 2.33. The van der Waals surface area contributed by atoms with Crippen LogP contribution in [0.2, 0.25) is 0 Å². The van der Waals surface area contributed by atoms with E-state index in [2.05, 4.69) is 89.6 Å². The predicted molar refractivity (Wildman–Crippen MR) is 182 cm³/mol. The normalized spacial score (nSPS) is 11.9. The first-order valence-corrected chi connectivity index (χ1v) is 14.7. The zero-order valence-electron chi connectivity index (χ0n) is 26.2. The second-order valence-electron chi connectivity index (χ2n) is 8.01. The van der Waals surface area contributed by atoms with Crippen molar-refractivity contribution in [1.82, 2.24) is 14.6 Å². The van der Waals surface area contributed by atoms with Gasteiger partial charge in [-0.05, 0) is 55.8 Å². The maximum atomic E-state index is 4.54. The maximum absolute atomic E-state index is 4.54. The molecule has 6 rings (SSSR count). The molecule has 4 heterocycles. The molecular weight excluding hydrogens is 500 g/mol. The van der Waals surface area contributed by atoms with Gasteiger partial charge in [0.25, 0.3) is 0 Å². The molecule has 0 saturated carbocycles. The Morgan fingerprint density at radius 3 is 1.76 bits per heavy atom. The van der Waals surface area contributed by atoms with Crippen LogP contribution in [0.4, 0.5) is 0 Å². The van der Waals surface area contributed by atoms with E-state index in [0.29, 0.717) is 0 Å². The molecule has 0 amide bonds. The van der Waals surface area contributed by atoms with Crippen molar-refractivity contribution in [2.24, 2.45) is 4.99 Å². The zero-order chi connectivity index (χ0) is 29.9. The third-order valence-corrected chi connectivity index (χ3v) is 5.43. The smallest absolute Gasteiger partial charge is 0.134 e. The summed E-state index contributed by atoms with van der Waals surface area (Å²) in [5.41, 5.74) is 9.26. The summed E-state index contributed by atoms with van der Waals surface area (Å²) in [7, 11) is 0. The van der Waals surface area contributed by atoms with Crippen molar-refractivity contribution in [3.8, 4) is 11.3 Å². The van der Waals surface area contributed by atoms with Crippen LogP contribution in [0.5, 0.6) is 0 Å². The first-order chi connectivity index (χ1) is 19.7. The Labute approximate surface area is 250 Å². The number of hydrogen-bond donors (Lipinski definition) is 0. The Morgan fingerprint density at radius 2 is 1.20 bits per heavy atom. The second kappa shape index (κ2) is 20.8. The molecule has 5 aromatic rings. The fraction of sp³-hybridized carbons (Fsp3) is 0.324. The van der Waals surface area contributed by atoms with Crippen LogP contribution in [-0.4, -0.2) is 20.3 Å². The first kappa shape index (κ1) is 37.0. The van der Waals surface area contributed by atoms with E-state index in [4.69, 9.17) is 0 Å². The number of rotatable bonds is 3. The van der Waals surface area contributed by atoms with Crippen molar-refractivity contribution >= 4 is 11.2 Å². The van der Waals surface area contributed by atoms with Crippen molar-refractivity contribution in [3.05, 3.63) is 126 Å². The topological polar surface area (TPSA) is 42.5 Å². The molecule has 0 spiro atoms. The highest BCUT2D eigenvalue weighted by molar-refractivity contribution is 6.13. The van der Waals surface area contributed by atoms with E-state index in [9.17, 15) is 0 Å². The van der Waals surface area contributed by atoms with E-state index in [-0.39, 0.29) is 13.5 Å². The summed E-state index contributed by atoms with van der Waals surface area (Å²) in [6, 6.07) is 31.2. The predicted octanol–water partition coefficient (Wildman–Crippen LogP) is 11.0. The molecule has 41 heavy (non-hydrogen) atoms. The van der Waals surface area contributed by atoms with Gasteiger partial charge in [0.05, 0.1) is 22.6 Å². The molecule has 4 nitrogen and oxygen atoms in total. The van der Waals surface area contributed by atoms with Gasteiger partial charge in [-0.1, -0.05) is 129 Å². The van der Waals surface area contributed by atoms with Crippen LogP contribution >= 0.6 is 0 Å². The number of benzene rings is 2. The third kappa shape index (κ3) is 11.2. The van der Waals surface area contributed by atoms with Gasteiger partial charge >= 0.3 is 0 Å². The number of hydrogen-bond acceptors (Lipinski definition) is 3. The van der Waals surface area contributed by atoms with Crippen LogP contribution in [0, 0.1) is 13.8 Å². The summed E-state index contributed by atoms with van der Waals surface area (Å²) in [4.78, 5) is 8.81. The summed E-state index contributed by atoms with van der Waals surface area (Å²) in [5, 5.41) is 4.54. The number of nitrogens with zero attached hydrogens (tertiary/aromatic N) is 4. The van der Waals surface area contributed by atoms with Crippen LogP contribution in [0.3, 0.4) is 0 Å². The summed E-state index contributed by atoms with van der Waals surface area (Å²) in [5.74, 6) is 0. The highest BCUT2D eigenvalue weighted by atomic mass is 15.2. The van der Waals surface area contributed by atoms with Crippen molar-refractivity contribution in [1.29, 1.82) is 0 Å². The van der Waals surface area contributed by atoms with Crippen LogP contribution in [-0.2, 0) is 0 Å². The second-order valence-corrected chi connectivity index (χ2v) is 8.01. The number of aryl methyl sites for hydroxylation is 2. The first-order valence-electron chi connectivity index (χ1n) is 14.7. The fourth-order valence-electron chi connectivity index (χ4n) is 3.77. The molecular formula is C37H52N4. The van der Waals surface area contributed by atoms with E-state index in [0.717, 1.165) is 22.6 Å². The molecule has 0 aliphatic carbocycles.